The second-order valence-corrected chi connectivity index (χ2v) is 10.2. The van der Waals surface area contributed by atoms with Crippen molar-refractivity contribution in [3.8, 4) is 0 Å². The lowest BCUT2D eigenvalue weighted by atomic mass is 9.68. The van der Waals surface area contributed by atoms with E-state index in [-0.39, 0.29) is 29.2 Å². The van der Waals surface area contributed by atoms with Gasteiger partial charge in [-0.3, -0.25) is 4.79 Å². The van der Waals surface area contributed by atoms with Crippen molar-refractivity contribution in [1.29, 1.82) is 0 Å². The van der Waals surface area contributed by atoms with Gasteiger partial charge in [-0.2, -0.15) is 0 Å². The molecule has 4 rings (SSSR count). The predicted molar refractivity (Wildman–Crippen MR) is 123 cm³/mol. The molecular formula is C26H34N2O3. The maximum atomic E-state index is 13.4. The number of dihydropyridines is 1. The van der Waals surface area contributed by atoms with Crippen LogP contribution >= 0.6 is 0 Å². The first kappa shape index (κ1) is 21.7. The predicted octanol–water partition coefficient (Wildman–Crippen LogP) is 4.84. The van der Waals surface area contributed by atoms with E-state index in [9.17, 15) is 9.59 Å². The molecule has 2 aliphatic carbocycles. The quantitative estimate of drug-likeness (QED) is 0.704. The van der Waals surface area contributed by atoms with E-state index < -0.39 is 0 Å². The Morgan fingerprint density at radius 3 is 2.35 bits per heavy atom. The van der Waals surface area contributed by atoms with Crippen molar-refractivity contribution in [2.75, 3.05) is 19.0 Å². The summed E-state index contributed by atoms with van der Waals surface area (Å²) in [5, 5.41) is 3.42. The van der Waals surface area contributed by atoms with Crippen LogP contribution in [0.2, 0.25) is 0 Å². The highest BCUT2D eigenvalue weighted by Gasteiger charge is 2.43. The van der Waals surface area contributed by atoms with Crippen molar-refractivity contribution in [3.05, 3.63) is 52.4 Å². The first-order valence-corrected chi connectivity index (χ1v) is 11.4. The molecule has 0 unspecified atom stereocenters. The number of allylic oxidation sites excluding steroid dienone is 3. The summed E-state index contributed by atoms with van der Waals surface area (Å²) < 4.78 is 5.91. The second-order valence-electron chi connectivity index (χ2n) is 10.2. The lowest BCUT2D eigenvalue weighted by molar-refractivity contribution is -0.144. The summed E-state index contributed by atoms with van der Waals surface area (Å²) in [5.41, 5.74) is 5.03. The normalized spacial score (nSPS) is 23.5. The van der Waals surface area contributed by atoms with Gasteiger partial charge in [0.2, 0.25) is 0 Å². The summed E-state index contributed by atoms with van der Waals surface area (Å²) in [5.74, 6) is -0.549. The van der Waals surface area contributed by atoms with Crippen molar-refractivity contribution >= 4 is 17.4 Å². The number of hydrogen-bond donors (Lipinski definition) is 1. The van der Waals surface area contributed by atoms with Gasteiger partial charge in [-0.25, -0.2) is 4.79 Å². The Morgan fingerprint density at radius 2 is 1.74 bits per heavy atom. The van der Waals surface area contributed by atoms with Crippen molar-refractivity contribution in [2.45, 2.75) is 71.3 Å². The molecule has 1 saturated carbocycles. The number of Topliss-reactive ketones (excluding diaryl/α,β-unsaturated/α-hetero) is 1. The monoisotopic (exact) mass is 422 g/mol. The van der Waals surface area contributed by atoms with E-state index in [4.69, 9.17) is 4.74 Å². The van der Waals surface area contributed by atoms with E-state index in [0.717, 1.165) is 60.3 Å². The molecule has 31 heavy (non-hydrogen) atoms. The second kappa shape index (κ2) is 8.18. The first-order valence-electron chi connectivity index (χ1n) is 11.4. The number of carbonyl (C=O) groups excluding carboxylic acids is 2. The largest absolute Gasteiger partial charge is 0.459 e. The molecule has 1 atom stereocenters. The molecule has 0 radical (unpaired) electrons. The minimum atomic E-state index is -0.384. The smallest absolute Gasteiger partial charge is 0.337 e. The van der Waals surface area contributed by atoms with Gasteiger partial charge in [0.25, 0.3) is 0 Å². The van der Waals surface area contributed by atoms with E-state index in [1.54, 1.807) is 0 Å². The van der Waals surface area contributed by atoms with E-state index in [0.29, 0.717) is 12.0 Å². The molecule has 5 heteroatoms. The van der Waals surface area contributed by atoms with Crippen LogP contribution in [0.3, 0.4) is 0 Å². The highest BCUT2D eigenvalue weighted by Crippen LogP contribution is 2.47. The minimum Gasteiger partial charge on any atom is -0.459 e. The molecule has 0 saturated heterocycles. The van der Waals surface area contributed by atoms with Crippen LogP contribution in [0.4, 0.5) is 5.69 Å². The van der Waals surface area contributed by atoms with Crippen LogP contribution in [0, 0.1) is 5.41 Å². The summed E-state index contributed by atoms with van der Waals surface area (Å²) >= 11 is 0. The lowest BCUT2D eigenvalue weighted by Crippen LogP contribution is -2.39. The van der Waals surface area contributed by atoms with Gasteiger partial charge in [0.1, 0.15) is 6.10 Å². The summed E-state index contributed by atoms with van der Waals surface area (Å²) in [7, 11) is 4.00. The van der Waals surface area contributed by atoms with Gasteiger partial charge in [-0.15, -0.1) is 0 Å². The molecule has 166 valence electrons. The van der Waals surface area contributed by atoms with Crippen LogP contribution in [0.15, 0.2) is 46.8 Å². The molecule has 1 fully saturated rings. The SMILES string of the molecule is CC1=C(C(=O)OC2CCCC2)[C@H](c2ccc(N(C)C)cc2)C2=C(CC(C)(C)CC2=O)N1. The lowest BCUT2D eigenvalue weighted by Gasteiger charge is -2.39. The third-order valence-electron chi connectivity index (χ3n) is 6.78. The van der Waals surface area contributed by atoms with E-state index in [1.165, 1.54) is 0 Å². The number of rotatable bonds is 4. The van der Waals surface area contributed by atoms with E-state index >= 15 is 0 Å². The summed E-state index contributed by atoms with van der Waals surface area (Å²) in [6, 6.07) is 8.17. The number of esters is 1. The number of nitrogens with zero attached hydrogens (tertiary/aromatic N) is 1. The molecular weight excluding hydrogens is 388 g/mol. The highest BCUT2D eigenvalue weighted by molar-refractivity contribution is 6.04. The Bertz CT molecular complexity index is 947. The third kappa shape index (κ3) is 4.28. The Kier molecular flexibility index (Phi) is 5.71. The van der Waals surface area contributed by atoms with Crippen molar-refractivity contribution in [3.63, 3.8) is 0 Å². The first-order chi connectivity index (χ1) is 14.7. The minimum absolute atomic E-state index is 0.0130. The molecule has 1 aromatic carbocycles. The average molecular weight is 423 g/mol. The number of anilines is 1. The number of ether oxygens (including phenoxy) is 1. The van der Waals surface area contributed by atoms with Crippen LogP contribution in [0.5, 0.6) is 0 Å². The zero-order valence-corrected chi connectivity index (χ0v) is 19.4. The number of nitrogens with one attached hydrogen (secondary N) is 1. The molecule has 0 amide bonds. The highest BCUT2D eigenvalue weighted by atomic mass is 16.5. The van der Waals surface area contributed by atoms with Crippen LogP contribution in [0.1, 0.15) is 70.8 Å². The fourth-order valence-corrected chi connectivity index (χ4v) is 5.23. The number of ketones is 1. The van der Waals surface area contributed by atoms with E-state index in [1.807, 2.05) is 50.2 Å². The van der Waals surface area contributed by atoms with Gasteiger partial charge < -0.3 is 15.0 Å². The zero-order chi connectivity index (χ0) is 22.3. The Balaban J connectivity index is 1.77. The Hall–Kier alpha value is -2.56. The summed E-state index contributed by atoms with van der Waals surface area (Å²) in [6.45, 7) is 6.18. The van der Waals surface area contributed by atoms with Crippen LogP contribution in [0.25, 0.3) is 0 Å². The topological polar surface area (TPSA) is 58.6 Å². The van der Waals surface area contributed by atoms with Crippen molar-refractivity contribution < 1.29 is 14.3 Å². The maximum absolute atomic E-state index is 13.4. The standard InChI is InChI=1S/C26H34N2O3/c1-16-22(25(30)31-19-8-6-7-9-19)23(17-10-12-18(13-11-17)28(4)5)24-20(27-16)14-26(2,3)15-21(24)29/h10-13,19,23,27H,6-9,14-15H2,1-5H3/t23-/m0/s1. The molecule has 3 aliphatic rings. The van der Waals surface area contributed by atoms with Gasteiger partial charge in [-0.05, 0) is 62.1 Å². The molecule has 0 bridgehead atoms. The third-order valence-corrected chi connectivity index (χ3v) is 6.78. The van der Waals surface area contributed by atoms with Crippen LogP contribution < -0.4 is 10.2 Å². The van der Waals surface area contributed by atoms with E-state index in [2.05, 4.69) is 19.2 Å². The van der Waals surface area contributed by atoms with Crippen molar-refractivity contribution in [2.24, 2.45) is 5.41 Å². The van der Waals surface area contributed by atoms with Gasteiger partial charge >= 0.3 is 5.97 Å². The fourth-order valence-electron chi connectivity index (χ4n) is 5.23. The van der Waals surface area contributed by atoms with Crippen LogP contribution in [-0.2, 0) is 14.3 Å². The molecule has 1 heterocycles. The van der Waals surface area contributed by atoms with Gasteiger partial charge in [0.05, 0.1) is 5.57 Å². The van der Waals surface area contributed by atoms with Gasteiger partial charge in [-0.1, -0.05) is 26.0 Å². The molecule has 1 N–H and O–H groups in total. The molecule has 0 aromatic heterocycles. The molecule has 1 aliphatic heterocycles. The summed E-state index contributed by atoms with van der Waals surface area (Å²) in [6.07, 6.45) is 5.33. The van der Waals surface area contributed by atoms with Gasteiger partial charge in [0.15, 0.2) is 5.78 Å². The van der Waals surface area contributed by atoms with Crippen molar-refractivity contribution in [1.82, 2.24) is 5.32 Å². The Morgan fingerprint density at radius 1 is 1.10 bits per heavy atom. The number of carbonyl (C=O) groups is 2. The number of hydrogen-bond acceptors (Lipinski definition) is 5. The Labute approximate surface area is 185 Å². The average Bonchev–Trinajstić information content (AvgIpc) is 3.18. The maximum Gasteiger partial charge on any atom is 0.337 e. The zero-order valence-electron chi connectivity index (χ0n) is 19.4. The molecule has 1 aromatic rings. The molecule has 5 nitrogen and oxygen atoms in total. The van der Waals surface area contributed by atoms with Gasteiger partial charge in [0, 0.05) is 49.1 Å². The number of benzene rings is 1. The summed E-state index contributed by atoms with van der Waals surface area (Å²) in [4.78, 5) is 28.8. The molecule has 0 spiro atoms. The fraction of sp³-hybridized carbons (Fsp3) is 0.538. The van der Waals surface area contributed by atoms with Crippen LogP contribution in [-0.4, -0.2) is 32.0 Å².